The fraction of sp³-hybridized carbons (Fsp3) is 0.156. The number of amides is 1. The van der Waals surface area contributed by atoms with Crippen LogP contribution >= 0.6 is 11.5 Å². The van der Waals surface area contributed by atoms with Crippen LogP contribution in [0.4, 0.5) is 0 Å². The molecular weight excluding hydrogens is 506 g/mol. The van der Waals surface area contributed by atoms with Crippen molar-refractivity contribution >= 4 is 17.4 Å². The summed E-state index contributed by atoms with van der Waals surface area (Å²) < 4.78 is 15.9. The normalized spacial score (nSPS) is 10.8. The number of hydrogen-bond donors (Lipinski definition) is 1. The Hall–Kier alpha value is -4.49. The average molecular weight is 536 g/mol. The molecule has 5 rings (SSSR count). The molecule has 0 aliphatic carbocycles. The third-order valence-corrected chi connectivity index (χ3v) is 7.03. The zero-order chi connectivity index (χ0) is 26.9. The molecule has 196 valence electrons. The third-order valence-electron chi connectivity index (χ3n) is 6.40. The van der Waals surface area contributed by atoms with Gasteiger partial charge in [-0.05, 0) is 41.3 Å². The van der Waals surface area contributed by atoms with Gasteiger partial charge in [-0.1, -0.05) is 91.0 Å². The van der Waals surface area contributed by atoms with E-state index < -0.39 is 0 Å². The van der Waals surface area contributed by atoms with Crippen LogP contribution in [0.5, 0.6) is 16.7 Å². The van der Waals surface area contributed by atoms with Gasteiger partial charge in [0.2, 0.25) is 0 Å². The van der Waals surface area contributed by atoms with E-state index in [0.717, 1.165) is 12.0 Å². The predicted octanol–water partition coefficient (Wildman–Crippen LogP) is 6.88. The van der Waals surface area contributed by atoms with Crippen LogP contribution in [0.1, 0.15) is 45.2 Å². The SMILES string of the molecule is COc1cc(C(=O)NCCC(c2ccccc2)c2ccccc2)ccc1Oc1nc(Cc2ccccc2)ns1. The summed E-state index contributed by atoms with van der Waals surface area (Å²) in [7, 11) is 1.55. The van der Waals surface area contributed by atoms with Gasteiger partial charge >= 0.3 is 0 Å². The fourth-order valence-electron chi connectivity index (χ4n) is 4.45. The predicted molar refractivity (Wildman–Crippen MR) is 154 cm³/mol. The second-order valence-electron chi connectivity index (χ2n) is 9.03. The lowest BCUT2D eigenvalue weighted by Crippen LogP contribution is -2.25. The Morgan fingerprint density at radius 2 is 1.49 bits per heavy atom. The van der Waals surface area contributed by atoms with Crippen LogP contribution in [0, 0.1) is 0 Å². The molecule has 0 unspecified atom stereocenters. The van der Waals surface area contributed by atoms with Crippen molar-refractivity contribution in [1.82, 2.24) is 14.7 Å². The Morgan fingerprint density at radius 3 is 2.13 bits per heavy atom. The molecule has 1 heterocycles. The van der Waals surface area contributed by atoms with Crippen LogP contribution in [0.15, 0.2) is 109 Å². The molecule has 0 aliphatic heterocycles. The van der Waals surface area contributed by atoms with E-state index in [4.69, 9.17) is 9.47 Å². The van der Waals surface area contributed by atoms with Crippen LogP contribution < -0.4 is 14.8 Å². The highest BCUT2D eigenvalue weighted by molar-refractivity contribution is 7.07. The van der Waals surface area contributed by atoms with Gasteiger partial charge in [-0.3, -0.25) is 4.79 Å². The highest BCUT2D eigenvalue weighted by Crippen LogP contribution is 2.33. The smallest absolute Gasteiger partial charge is 0.298 e. The quantitative estimate of drug-likeness (QED) is 0.200. The molecule has 1 aromatic heterocycles. The highest BCUT2D eigenvalue weighted by atomic mass is 32.1. The number of nitrogens with one attached hydrogen (secondary N) is 1. The number of hydrogen-bond acceptors (Lipinski definition) is 6. The van der Waals surface area contributed by atoms with Gasteiger partial charge in [0.1, 0.15) is 0 Å². The Balaban J connectivity index is 1.21. The third kappa shape index (κ3) is 6.89. The van der Waals surface area contributed by atoms with Crippen LogP contribution in [0.3, 0.4) is 0 Å². The molecule has 0 saturated carbocycles. The van der Waals surface area contributed by atoms with E-state index in [1.165, 1.54) is 22.7 Å². The number of carbonyl (C=O) groups excluding carboxylic acids is 1. The van der Waals surface area contributed by atoms with Gasteiger partial charge in [0.15, 0.2) is 17.3 Å². The standard InChI is InChI=1S/C32H29N3O3S/c1-37-29-22-26(17-18-28(29)38-32-34-30(35-39-32)21-23-11-5-2-6-12-23)31(36)33-20-19-27(24-13-7-3-8-14-24)25-15-9-4-10-16-25/h2-18,22,27H,19-21H2,1H3,(H,33,36). The molecule has 0 bridgehead atoms. The van der Waals surface area contributed by atoms with Gasteiger partial charge in [-0.2, -0.15) is 9.36 Å². The van der Waals surface area contributed by atoms with Gasteiger partial charge in [-0.25, -0.2) is 0 Å². The van der Waals surface area contributed by atoms with E-state index in [0.29, 0.717) is 41.0 Å². The van der Waals surface area contributed by atoms with Crippen molar-refractivity contribution in [3.63, 3.8) is 0 Å². The molecule has 7 heteroatoms. The first-order chi connectivity index (χ1) is 19.2. The maximum atomic E-state index is 13.0. The summed E-state index contributed by atoms with van der Waals surface area (Å²) in [5, 5.41) is 3.48. The molecule has 0 fully saturated rings. The Labute approximate surface area is 232 Å². The molecule has 0 saturated heterocycles. The minimum absolute atomic E-state index is 0.166. The van der Waals surface area contributed by atoms with Crippen LogP contribution in [-0.4, -0.2) is 28.9 Å². The van der Waals surface area contributed by atoms with Crippen molar-refractivity contribution in [3.05, 3.63) is 137 Å². The minimum atomic E-state index is -0.166. The molecule has 0 spiro atoms. The summed E-state index contributed by atoms with van der Waals surface area (Å²) >= 11 is 1.19. The topological polar surface area (TPSA) is 73.3 Å². The van der Waals surface area contributed by atoms with Crippen molar-refractivity contribution in [2.45, 2.75) is 18.8 Å². The molecule has 6 nitrogen and oxygen atoms in total. The van der Waals surface area contributed by atoms with Crippen molar-refractivity contribution in [3.8, 4) is 16.7 Å². The number of benzene rings is 4. The van der Waals surface area contributed by atoms with E-state index in [-0.39, 0.29) is 11.8 Å². The van der Waals surface area contributed by atoms with E-state index in [2.05, 4.69) is 38.9 Å². The maximum absolute atomic E-state index is 13.0. The number of methoxy groups -OCH3 is 1. The lowest BCUT2D eigenvalue weighted by Gasteiger charge is -2.18. The number of ether oxygens (including phenoxy) is 2. The summed E-state index contributed by atoms with van der Waals surface area (Å²) in [5.74, 6) is 1.65. The lowest BCUT2D eigenvalue weighted by atomic mass is 9.88. The molecule has 1 N–H and O–H groups in total. The summed E-state index contributed by atoms with van der Waals surface area (Å²) in [6, 6.07) is 35.9. The van der Waals surface area contributed by atoms with Crippen molar-refractivity contribution < 1.29 is 14.3 Å². The van der Waals surface area contributed by atoms with Gasteiger partial charge in [0.25, 0.3) is 11.1 Å². The van der Waals surface area contributed by atoms with Crippen molar-refractivity contribution in [2.75, 3.05) is 13.7 Å². The van der Waals surface area contributed by atoms with Gasteiger partial charge < -0.3 is 14.8 Å². The van der Waals surface area contributed by atoms with Crippen LogP contribution in [-0.2, 0) is 6.42 Å². The van der Waals surface area contributed by atoms with E-state index in [1.54, 1.807) is 25.3 Å². The largest absolute Gasteiger partial charge is 0.493 e. The van der Waals surface area contributed by atoms with E-state index in [9.17, 15) is 4.79 Å². The molecule has 1 amide bonds. The summed E-state index contributed by atoms with van der Waals surface area (Å²) in [4.78, 5) is 17.5. The van der Waals surface area contributed by atoms with Gasteiger partial charge in [0, 0.05) is 36.0 Å². The first-order valence-electron chi connectivity index (χ1n) is 12.8. The summed E-state index contributed by atoms with van der Waals surface area (Å²) in [6.45, 7) is 0.531. The molecule has 39 heavy (non-hydrogen) atoms. The first-order valence-corrected chi connectivity index (χ1v) is 13.6. The summed E-state index contributed by atoms with van der Waals surface area (Å²) in [5.41, 5.74) is 4.08. The van der Waals surface area contributed by atoms with Crippen molar-refractivity contribution in [2.24, 2.45) is 0 Å². The maximum Gasteiger partial charge on any atom is 0.298 e. The Morgan fingerprint density at radius 1 is 0.846 bits per heavy atom. The fourth-order valence-corrected chi connectivity index (χ4v) is 5.01. The highest BCUT2D eigenvalue weighted by Gasteiger charge is 2.17. The number of carbonyl (C=O) groups is 1. The number of rotatable bonds is 11. The lowest BCUT2D eigenvalue weighted by molar-refractivity contribution is 0.0952. The minimum Gasteiger partial charge on any atom is -0.493 e. The number of nitrogens with zero attached hydrogens (tertiary/aromatic N) is 2. The average Bonchev–Trinajstić information content (AvgIpc) is 3.43. The van der Waals surface area contributed by atoms with Gasteiger partial charge in [0.05, 0.1) is 7.11 Å². The zero-order valence-corrected chi connectivity index (χ0v) is 22.4. The van der Waals surface area contributed by atoms with Crippen molar-refractivity contribution in [1.29, 1.82) is 0 Å². The second kappa shape index (κ2) is 12.8. The van der Waals surface area contributed by atoms with E-state index in [1.807, 2.05) is 66.7 Å². The monoisotopic (exact) mass is 535 g/mol. The Bertz CT molecular complexity index is 1450. The van der Waals surface area contributed by atoms with Crippen LogP contribution in [0.2, 0.25) is 0 Å². The zero-order valence-electron chi connectivity index (χ0n) is 21.6. The molecular formula is C32H29N3O3S. The molecule has 4 aromatic carbocycles. The van der Waals surface area contributed by atoms with Crippen LogP contribution in [0.25, 0.3) is 0 Å². The molecule has 0 atom stereocenters. The number of aromatic nitrogens is 2. The van der Waals surface area contributed by atoms with E-state index >= 15 is 0 Å². The molecule has 0 radical (unpaired) electrons. The molecule has 0 aliphatic rings. The second-order valence-corrected chi connectivity index (χ2v) is 9.74. The summed E-state index contributed by atoms with van der Waals surface area (Å²) in [6.07, 6.45) is 1.41. The van der Waals surface area contributed by atoms with Gasteiger partial charge in [-0.15, -0.1) is 0 Å². The molecule has 5 aromatic rings. The first kappa shape index (κ1) is 26.1. The Kier molecular flexibility index (Phi) is 8.61.